The lowest BCUT2D eigenvalue weighted by Crippen LogP contribution is -2.36. The molecule has 0 bridgehead atoms. The molecule has 0 radical (unpaired) electrons. The minimum atomic E-state index is 0.605. The third-order valence-corrected chi connectivity index (χ3v) is 2.13. The number of hydrogen-bond acceptors (Lipinski definition) is 3. The summed E-state index contributed by atoms with van der Waals surface area (Å²) < 4.78 is 5.16. The summed E-state index contributed by atoms with van der Waals surface area (Å²) in [6, 6.07) is 3.83. The average molecular weight is 234 g/mol. The van der Waals surface area contributed by atoms with Gasteiger partial charge in [0.05, 0.1) is 7.11 Å². The summed E-state index contributed by atoms with van der Waals surface area (Å²) in [6.07, 6.45) is 3.48. The molecule has 1 rings (SSSR count). The number of hydrogen-bond donors (Lipinski definition) is 2. The Morgan fingerprint density at radius 1 is 1.59 bits per heavy atom. The summed E-state index contributed by atoms with van der Waals surface area (Å²) in [5.74, 6) is 1.34. The number of ether oxygens (including phenoxy) is 1. The molecule has 0 amide bonds. The lowest BCUT2D eigenvalue weighted by molar-refractivity contribution is 0.392. The van der Waals surface area contributed by atoms with Gasteiger partial charge in [-0.2, -0.15) is 0 Å². The van der Waals surface area contributed by atoms with E-state index in [1.54, 1.807) is 26.4 Å². The standard InChI is InChI=1S/C12H18N4O/c1-4-7-15-12(13-2)16-9-10-6-5-8-14-11(10)17-3/h4-6,8H,1,7,9H2,2-3H3,(H2,13,15,16). The van der Waals surface area contributed by atoms with Crippen molar-refractivity contribution in [1.82, 2.24) is 15.6 Å². The first-order valence-electron chi connectivity index (χ1n) is 5.35. The molecule has 0 saturated heterocycles. The van der Waals surface area contributed by atoms with Crippen LogP contribution in [0.5, 0.6) is 5.88 Å². The topological polar surface area (TPSA) is 58.5 Å². The van der Waals surface area contributed by atoms with Crippen molar-refractivity contribution in [3.63, 3.8) is 0 Å². The maximum absolute atomic E-state index is 5.16. The van der Waals surface area contributed by atoms with Crippen LogP contribution < -0.4 is 15.4 Å². The summed E-state index contributed by atoms with van der Waals surface area (Å²) in [5.41, 5.74) is 0.983. The van der Waals surface area contributed by atoms with E-state index in [2.05, 4.69) is 27.2 Å². The maximum atomic E-state index is 5.16. The Morgan fingerprint density at radius 2 is 2.41 bits per heavy atom. The van der Waals surface area contributed by atoms with Crippen LogP contribution in [0.2, 0.25) is 0 Å². The van der Waals surface area contributed by atoms with Crippen molar-refractivity contribution in [1.29, 1.82) is 0 Å². The van der Waals surface area contributed by atoms with Gasteiger partial charge in [0.1, 0.15) is 0 Å². The highest BCUT2D eigenvalue weighted by molar-refractivity contribution is 5.79. The van der Waals surface area contributed by atoms with E-state index in [0.29, 0.717) is 19.0 Å². The zero-order valence-electron chi connectivity index (χ0n) is 10.2. The molecule has 1 aromatic rings. The van der Waals surface area contributed by atoms with Crippen LogP contribution in [-0.4, -0.2) is 31.6 Å². The molecule has 0 spiro atoms. The highest BCUT2D eigenvalue weighted by Crippen LogP contribution is 2.12. The number of rotatable bonds is 5. The molecule has 0 unspecified atom stereocenters. The molecule has 5 nitrogen and oxygen atoms in total. The van der Waals surface area contributed by atoms with Crippen molar-refractivity contribution >= 4 is 5.96 Å². The molecular formula is C12H18N4O. The van der Waals surface area contributed by atoms with Gasteiger partial charge in [-0.15, -0.1) is 6.58 Å². The van der Waals surface area contributed by atoms with Gasteiger partial charge in [0.15, 0.2) is 5.96 Å². The van der Waals surface area contributed by atoms with E-state index in [-0.39, 0.29) is 0 Å². The first kappa shape index (κ1) is 13.0. The molecular weight excluding hydrogens is 216 g/mol. The number of pyridine rings is 1. The molecule has 5 heteroatoms. The van der Waals surface area contributed by atoms with E-state index in [9.17, 15) is 0 Å². The predicted octanol–water partition coefficient (Wildman–Crippen LogP) is 0.941. The van der Waals surface area contributed by atoms with Crippen molar-refractivity contribution in [3.05, 3.63) is 36.5 Å². The van der Waals surface area contributed by atoms with Crippen molar-refractivity contribution in [3.8, 4) is 5.88 Å². The van der Waals surface area contributed by atoms with Crippen LogP contribution in [0.15, 0.2) is 36.0 Å². The van der Waals surface area contributed by atoms with Gasteiger partial charge in [-0.05, 0) is 6.07 Å². The predicted molar refractivity (Wildman–Crippen MR) is 69.2 cm³/mol. The Kier molecular flexibility index (Phi) is 5.57. The summed E-state index contributed by atoms with van der Waals surface area (Å²) in [6.45, 7) is 4.91. The third-order valence-electron chi connectivity index (χ3n) is 2.13. The van der Waals surface area contributed by atoms with E-state index in [4.69, 9.17) is 4.74 Å². The van der Waals surface area contributed by atoms with Crippen molar-refractivity contribution < 1.29 is 4.74 Å². The minimum Gasteiger partial charge on any atom is -0.481 e. The number of aromatic nitrogens is 1. The normalized spacial score (nSPS) is 10.8. The lowest BCUT2D eigenvalue weighted by atomic mass is 10.3. The number of guanidine groups is 1. The average Bonchev–Trinajstić information content (AvgIpc) is 2.39. The Bertz CT molecular complexity index is 390. The second-order valence-electron chi connectivity index (χ2n) is 3.27. The molecule has 92 valence electrons. The Hall–Kier alpha value is -2.04. The quantitative estimate of drug-likeness (QED) is 0.452. The number of methoxy groups -OCH3 is 1. The van der Waals surface area contributed by atoms with Gasteiger partial charge < -0.3 is 15.4 Å². The van der Waals surface area contributed by atoms with Gasteiger partial charge >= 0.3 is 0 Å². The highest BCUT2D eigenvalue weighted by Gasteiger charge is 2.03. The van der Waals surface area contributed by atoms with Gasteiger partial charge in [0.25, 0.3) is 0 Å². The summed E-state index contributed by atoms with van der Waals surface area (Å²) in [7, 11) is 3.33. The first-order valence-corrected chi connectivity index (χ1v) is 5.35. The first-order chi connectivity index (χ1) is 8.31. The molecule has 0 fully saturated rings. The molecule has 0 saturated carbocycles. The van der Waals surface area contributed by atoms with Crippen molar-refractivity contribution in [2.75, 3.05) is 20.7 Å². The van der Waals surface area contributed by atoms with Crippen molar-refractivity contribution in [2.45, 2.75) is 6.54 Å². The maximum Gasteiger partial charge on any atom is 0.218 e. The molecule has 1 aromatic heterocycles. The van der Waals surface area contributed by atoms with Gasteiger partial charge in [-0.3, -0.25) is 4.99 Å². The van der Waals surface area contributed by atoms with E-state index in [0.717, 1.165) is 11.5 Å². The summed E-state index contributed by atoms with van der Waals surface area (Å²) in [4.78, 5) is 8.21. The van der Waals surface area contributed by atoms with Crippen LogP contribution in [0.1, 0.15) is 5.56 Å². The molecule has 17 heavy (non-hydrogen) atoms. The van der Waals surface area contributed by atoms with Gasteiger partial charge in [-0.1, -0.05) is 12.1 Å². The summed E-state index contributed by atoms with van der Waals surface area (Å²) >= 11 is 0. The van der Waals surface area contributed by atoms with Crippen LogP contribution in [0.3, 0.4) is 0 Å². The fraction of sp³-hybridized carbons (Fsp3) is 0.333. The fourth-order valence-electron chi connectivity index (χ4n) is 1.31. The Balaban J connectivity index is 2.56. The lowest BCUT2D eigenvalue weighted by Gasteiger charge is -2.11. The SMILES string of the molecule is C=CCNC(=NC)NCc1cccnc1OC. The van der Waals surface area contributed by atoms with Crippen LogP contribution in [-0.2, 0) is 6.54 Å². The Labute approximate surface area is 102 Å². The molecule has 1 heterocycles. The van der Waals surface area contributed by atoms with Crippen LogP contribution >= 0.6 is 0 Å². The third kappa shape index (κ3) is 4.14. The van der Waals surface area contributed by atoms with E-state index >= 15 is 0 Å². The van der Waals surface area contributed by atoms with E-state index < -0.39 is 0 Å². The van der Waals surface area contributed by atoms with E-state index in [1.165, 1.54) is 0 Å². The largest absolute Gasteiger partial charge is 0.481 e. The van der Waals surface area contributed by atoms with Gasteiger partial charge in [0, 0.05) is 31.9 Å². The number of nitrogens with zero attached hydrogens (tertiary/aromatic N) is 2. The van der Waals surface area contributed by atoms with Crippen LogP contribution in [0, 0.1) is 0 Å². The molecule has 2 N–H and O–H groups in total. The Morgan fingerprint density at radius 3 is 3.06 bits per heavy atom. The monoisotopic (exact) mass is 234 g/mol. The smallest absolute Gasteiger partial charge is 0.218 e. The molecule has 0 aromatic carbocycles. The van der Waals surface area contributed by atoms with Crippen LogP contribution in [0.25, 0.3) is 0 Å². The number of aliphatic imine (C=N–C) groups is 1. The van der Waals surface area contributed by atoms with E-state index in [1.807, 2.05) is 12.1 Å². The number of nitrogens with one attached hydrogen (secondary N) is 2. The van der Waals surface area contributed by atoms with Crippen molar-refractivity contribution in [2.24, 2.45) is 4.99 Å². The summed E-state index contributed by atoms with van der Waals surface area (Å²) in [5, 5.41) is 6.25. The molecule has 0 atom stereocenters. The highest BCUT2D eigenvalue weighted by atomic mass is 16.5. The van der Waals surface area contributed by atoms with Gasteiger partial charge in [-0.25, -0.2) is 4.98 Å². The molecule has 0 aliphatic heterocycles. The molecule has 0 aliphatic rings. The fourth-order valence-corrected chi connectivity index (χ4v) is 1.31. The zero-order chi connectivity index (χ0) is 12.5. The zero-order valence-corrected chi connectivity index (χ0v) is 10.2. The van der Waals surface area contributed by atoms with Crippen LogP contribution in [0.4, 0.5) is 0 Å². The van der Waals surface area contributed by atoms with Gasteiger partial charge in [0.2, 0.25) is 5.88 Å². The second-order valence-corrected chi connectivity index (χ2v) is 3.27. The minimum absolute atomic E-state index is 0.605. The second kappa shape index (κ2) is 7.27. The molecule has 0 aliphatic carbocycles.